The number of benzene rings is 1. The average molecular weight is 337 g/mol. The van der Waals surface area contributed by atoms with Crippen molar-refractivity contribution in [1.29, 1.82) is 0 Å². The van der Waals surface area contributed by atoms with Crippen LogP contribution in [-0.2, 0) is 11.3 Å². The lowest BCUT2D eigenvalue weighted by molar-refractivity contribution is -0.132. The van der Waals surface area contributed by atoms with Crippen molar-refractivity contribution in [3.8, 4) is 5.75 Å². The molecule has 1 heterocycles. The molecule has 0 saturated carbocycles. The highest BCUT2D eigenvalue weighted by Gasteiger charge is 2.16. The highest BCUT2D eigenvalue weighted by Crippen LogP contribution is 2.18. The van der Waals surface area contributed by atoms with Crippen LogP contribution in [0.5, 0.6) is 5.75 Å². The fraction of sp³-hybridized carbons (Fsp3) is 0.412. The van der Waals surface area contributed by atoms with Crippen LogP contribution in [0.2, 0.25) is 0 Å². The molecule has 130 valence electrons. The van der Waals surface area contributed by atoms with E-state index in [2.05, 4.69) is 18.8 Å². The fourth-order valence-electron chi connectivity index (χ4n) is 2.15. The summed E-state index contributed by atoms with van der Waals surface area (Å²) >= 11 is 0. The molecule has 2 aromatic rings. The van der Waals surface area contributed by atoms with E-state index in [9.17, 15) is 13.6 Å². The second kappa shape index (κ2) is 7.90. The number of alkyl halides is 2. The zero-order valence-corrected chi connectivity index (χ0v) is 13.9. The summed E-state index contributed by atoms with van der Waals surface area (Å²) in [6.07, 6.45) is 2.47. The van der Waals surface area contributed by atoms with Crippen molar-refractivity contribution in [2.75, 3.05) is 13.7 Å². The SMILES string of the molecule is CC(C)c1ccc(OCC(=O)N(C)Cc2nccn2C(F)F)cc1. The number of ether oxygens (including phenoxy) is 1. The van der Waals surface area contributed by atoms with Crippen molar-refractivity contribution in [3.63, 3.8) is 0 Å². The fourth-order valence-corrected chi connectivity index (χ4v) is 2.15. The Morgan fingerprint density at radius 2 is 1.96 bits per heavy atom. The van der Waals surface area contributed by atoms with Gasteiger partial charge in [-0.05, 0) is 23.6 Å². The van der Waals surface area contributed by atoms with Crippen LogP contribution < -0.4 is 4.74 Å². The first-order valence-corrected chi connectivity index (χ1v) is 7.65. The summed E-state index contributed by atoms with van der Waals surface area (Å²) in [7, 11) is 1.53. The second-order valence-corrected chi connectivity index (χ2v) is 5.79. The summed E-state index contributed by atoms with van der Waals surface area (Å²) in [4.78, 5) is 17.2. The molecule has 0 radical (unpaired) electrons. The van der Waals surface area contributed by atoms with E-state index in [1.807, 2.05) is 24.3 Å². The molecular weight excluding hydrogens is 316 g/mol. The molecule has 0 atom stereocenters. The predicted molar refractivity (Wildman–Crippen MR) is 86.0 cm³/mol. The van der Waals surface area contributed by atoms with Crippen molar-refractivity contribution in [2.45, 2.75) is 32.9 Å². The molecule has 1 aromatic heterocycles. The first kappa shape index (κ1) is 17.9. The predicted octanol–water partition coefficient (Wildman–Crippen LogP) is 3.44. The van der Waals surface area contributed by atoms with Crippen molar-refractivity contribution < 1.29 is 18.3 Å². The number of nitrogens with zero attached hydrogens (tertiary/aromatic N) is 3. The number of hydrogen-bond donors (Lipinski definition) is 0. The highest BCUT2D eigenvalue weighted by molar-refractivity contribution is 5.77. The normalized spacial score (nSPS) is 11.1. The summed E-state index contributed by atoms with van der Waals surface area (Å²) in [5.74, 6) is 0.828. The van der Waals surface area contributed by atoms with Gasteiger partial charge in [-0.25, -0.2) is 4.98 Å². The lowest BCUT2D eigenvalue weighted by Crippen LogP contribution is -2.32. The third-order valence-electron chi connectivity index (χ3n) is 3.67. The van der Waals surface area contributed by atoms with Gasteiger partial charge < -0.3 is 9.64 Å². The van der Waals surface area contributed by atoms with Crippen LogP contribution in [0.3, 0.4) is 0 Å². The molecule has 0 fully saturated rings. The third-order valence-corrected chi connectivity index (χ3v) is 3.67. The second-order valence-electron chi connectivity index (χ2n) is 5.79. The van der Waals surface area contributed by atoms with Gasteiger partial charge in [0.2, 0.25) is 0 Å². The van der Waals surface area contributed by atoms with Crippen LogP contribution in [0.4, 0.5) is 8.78 Å². The average Bonchev–Trinajstić information content (AvgIpc) is 3.01. The highest BCUT2D eigenvalue weighted by atomic mass is 19.3. The van der Waals surface area contributed by atoms with E-state index >= 15 is 0 Å². The number of aromatic nitrogens is 2. The molecule has 1 amide bonds. The van der Waals surface area contributed by atoms with Crippen molar-refractivity contribution in [1.82, 2.24) is 14.5 Å². The van der Waals surface area contributed by atoms with Gasteiger partial charge in [-0.15, -0.1) is 0 Å². The van der Waals surface area contributed by atoms with E-state index in [-0.39, 0.29) is 24.9 Å². The minimum atomic E-state index is -2.68. The van der Waals surface area contributed by atoms with Crippen LogP contribution in [0.15, 0.2) is 36.7 Å². The van der Waals surface area contributed by atoms with Gasteiger partial charge in [-0.1, -0.05) is 26.0 Å². The number of likely N-dealkylation sites (N-methyl/N-ethyl adjacent to an activating group) is 1. The van der Waals surface area contributed by atoms with Gasteiger partial charge in [0.25, 0.3) is 5.91 Å². The van der Waals surface area contributed by atoms with E-state index in [4.69, 9.17) is 4.74 Å². The lowest BCUT2D eigenvalue weighted by Gasteiger charge is -2.18. The number of carbonyl (C=O) groups excluding carboxylic acids is 1. The number of imidazole rings is 1. The van der Waals surface area contributed by atoms with Crippen LogP contribution in [0, 0.1) is 0 Å². The molecule has 0 bridgehead atoms. The zero-order valence-electron chi connectivity index (χ0n) is 13.9. The summed E-state index contributed by atoms with van der Waals surface area (Å²) in [5, 5.41) is 0. The molecule has 0 unspecified atom stereocenters. The number of rotatable bonds is 7. The smallest absolute Gasteiger partial charge is 0.319 e. The topological polar surface area (TPSA) is 47.4 Å². The summed E-state index contributed by atoms with van der Waals surface area (Å²) in [6.45, 7) is 1.34. The summed E-state index contributed by atoms with van der Waals surface area (Å²) in [6, 6.07) is 7.53. The van der Waals surface area contributed by atoms with Gasteiger partial charge in [-0.3, -0.25) is 9.36 Å². The number of amides is 1. The molecule has 7 heteroatoms. The van der Waals surface area contributed by atoms with Gasteiger partial charge in [0.1, 0.15) is 11.6 Å². The Labute approximate surface area is 139 Å². The molecule has 0 aliphatic heterocycles. The first-order valence-electron chi connectivity index (χ1n) is 7.65. The largest absolute Gasteiger partial charge is 0.484 e. The molecule has 2 rings (SSSR count). The van der Waals surface area contributed by atoms with Crippen molar-refractivity contribution in [3.05, 3.63) is 48.0 Å². The van der Waals surface area contributed by atoms with E-state index in [0.717, 1.165) is 4.57 Å². The monoisotopic (exact) mass is 337 g/mol. The summed E-state index contributed by atoms with van der Waals surface area (Å²) < 4.78 is 31.7. The molecule has 24 heavy (non-hydrogen) atoms. The molecule has 0 aliphatic rings. The molecule has 0 aliphatic carbocycles. The van der Waals surface area contributed by atoms with Gasteiger partial charge >= 0.3 is 6.55 Å². The van der Waals surface area contributed by atoms with Crippen LogP contribution >= 0.6 is 0 Å². The minimum Gasteiger partial charge on any atom is -0.484 e. The first-order chi connectivity index (χ1) is 11.4. The van der Waals surface area contributed by atoms with E-state index < -0.39 is 6.55 Å². The molecular formula is C17H21F2N3O2. The van der Waals surface area contributed by atoms with Gasteiger partial charge in [0.05, 0.1) is 6.54 Å². The maximum atomic E-state index is 12.8. The third kappa shape index (κ3) is 4.53. The molecule has 0 spiro atoms. The number of hydrogen-bond acceptors (Lipinski definition) is 3. The quantitative estimate of drug-likeness (QED) is 0.777. The van der Waals surface area contributed by atoms with Crippen LogP contribution in [-0.4, -0.2) is 34.0 Å². The molecule has 0 saturated heterocycles. The maximum Gasteiger partial charge on any atom is 0.319 e. The Kier molecular flexibility index (Phi) is 5.89. The van der Waals surface area contributed by atoms with Crippen LogP contribution in [0.1, 0.15) is 37.7 Å². The van der Waals surface area contributed by atoms with Gasteiger partial charge in [0.15, 0.2) is 6.61 Å². The van der Waals surface area contributed by atoms with Gasteiger partial charge in [0, 0.05) is 19.4 Å². The van der Waals surface area contributed by atoms with E-state index in [1.54, 1.807) is 0 Å². The number of carbonyl (C=O) groups is 1. The summed E-state index contributed by atoms with van der Waals surface area (Å²) in [5.41, 5.74) is 1.18. The standard InChI is InChI=1S/C17H21F2N3O2/c1-12(2)13-4-6-14(7-5-13)24-11-16(23)21(3)10-15-20-8-9-22(15)17(18)19/h4-9,12,17H,10-11H2,1-3H3. The molecule has 1 aromatic carbocycles. The lowest BCUT2D eigenvalue weighted by atomic mass is 10.0. The Morgan fingerprint density at radius 3 is 2.54 bits per heavy atom. The Morgan fingerprint density at radius 1 is 1.29 bits per heavy atom. The molecule has 5 nitrogen and oxygen atoms in total. The molecule has 0 N–H and O–H groups in total. The van der Waals surface area contributed by atoms with E-state index in [1.165, 1.54) is 29.9 Å². The van der Waals surface area contributed by atoms with Crippen LogP contribution in [0.25, 0.3) is 0 Å². The van der Waals surface area contributed by atoms with E-state index in [0.29, 0.717) is 11.7 Å². The minimum absolute atomic E-state index is 0.00811. The van der Waals surface area contributed by atoms with Crippen molar-refractivity contribution in [2.24, 2.45) is 0 Å². The zero-order chi connectivity index (χ0) is 17.7. The number of halogens is 2. The Bertz CT molecular complexity index is 669. The Balaban J connectivity index is 1.88. The maximum absolute atomic E-state index is 12.8. The Hall–Kier alpha value is -2.44. The van der Waals surface area contributed by atoms with Crippen molar-refractivity contribution >= 4 is 5.91 Å². The van der Waals surface area contributed by atoms with Gasteiger partial charge in [-0.2, -0.15) is 8.78 Å².